The first-order chi connectivity index (χ1) is 28.6. The Hall–Kier alpha value is -4.16. The molecule has 2 aliphatic carbocycles. The Morgan fingerprint density at radius 2 is 0.933 bits per heavy atom. The quantitative estimate of drug-likeness (QED) is 0.157. The van der Waals surface area contributed by atoms with Crippen LogP contribution in [0.25, 0.3) is 22.3 Å². The molecule has 0 heterocycles. The zero-order chi connectivity index (χ0) is 44.4. The van der Waals surface area contributed by atoms with Crippen LogP contribution < -0.4 is 45.2 Å². The van der Waals surface area contributed by atoms with E-state index in [1.807, 2.05) is 92.4 Å². The second kappa shape index (κ2) is 26.9. The zero-order valence-corrected chi connectivity index (χ0v) is 39.9. The van der Waals surface area contributed by atoms with Gasteiger partial charge in [-0.25, -0.2) is 0 Å². The zero-order valence-electron chi connectivity index (χ0n) is 38.3. The van der Waals surface area contributed by atoms with Crippen molar-refractivity contribution in [1.82, 2.24) is 10.6 Å². The molecular weight excluding hydrogens is 793 g/mol. The van der Waals surface area contributed by atoms with Gasteiger partial charge in [0.1, 0.15) is 0 Å². The normalized spacial score (nSPS) is 14.0. The SMILES string of the molecule is C.CC.CC.CC.CN[C@H]1CCc2cc(OC)c(OC)c(C)c2-c2ccc(SC)c(=O)cc21.CN[C@H]1CCc2cc(OC)c(OC)c(OC)c2-c2ccc(SC)c(=O)cc21. The maximum atomic E-state index is 12.7. The molecule has 0 fully saturated rings. The first-order valence-corrected chi connectivity index (χ1v) is 23.0. The molecule has 0 aliphatic heterocycles. The highest BCUT2D eigenvalue weighted by Gasteiger charge is 2.29. The number of benzene rings is 2. The molecule has 0 spiro atoms. The molecule has 6 rings (SSSR count). The summed E-state index contributed by atoms with van der Waals surface area (Å²) in [4.78, 5) is 26.8. The van der Waals surface area contributed by atoms with Gasteiger partial charge in [0.2, 0.25) is 5.75 Å². The number of hydrogen-bond acceptors (Lipinski definition) is 11. The van der Waals surface area contributed by atoms with E-state index in [4.69, 9.17) is 23.7 Å². The second-order valence-electron chi connectivity index (χ2n) is 12.8. The molecule has 0 saturated heterocycles. The molecule has 0 bridgehead atoms. The minimum atomic E-state index is 0. The molecule has 60 heavy (non-hydrogen) atoms. The Morgan fingerprint density at radius 3 is 1.30 bits per heavy atom. The summed E-state index contributed by atoms with van der Waals surface area (Å²) in [5.74, 6) is 3.34. The fraction of sp³-hybridized carbons (Fsp3) is 0.469. The lowest BCUT2D eigenvalue weighted by molar-refractivity contribution is 0.324. The predicted octanol–water partition coefficient (Wildman–Crippen LogP) is 11.4. The third-order valence-electron chi connectivity index (χ3n) is 10.2. The number of fused-ring (bicyclic) bond motifs is 6. The molecule has 2 atom stereocenters. The number of rotatable bonds is 9. The summed E-state index contributed by atoms with van der Waals surface area (Å²) in [6.07, 6.45) is 7.38. The van der Waals surface area contributed by atoms with Gasteiger partial charge in [0.15, 0.2) is 33.9 Å². The molecule has 9 nitrogen and oxygen atoms in total. The standard InChI is InChI=1S/C21H25NO4S.C21H25NO3S.3C2H6.CH4/c1-22-15-8-6-12-10-17(24-2)20(25-3)21(26-4)19(12)13-7-9-18(27-5)16(23)11-14(13)15;1-12-20-13(10-18(24-3)21(12)25-4)6-8-16(22-2)15-11-17(23)19(26-5)9-7-14(15)20;3*1-2;/h7,9-11,15,22H,6,8H2,1-5H3;7,9-11,16,22H,6,8H2,1-5H3;3*1-2H3;1H4/t15-;16-;;;;/m00..../s1. The van der Waals surface area contributed by atoms with Crippen molar-refractivity contribution in [2.24, 2.45) is 0 Å². The highest BCUT2D eigenvalue weighted by Crippen LogP contribution is 2.50. The Morgan fingerprint density at radius 1 is 0.550 bits per heavy atom. The van der Waals surface area contributed by atoms with Crippen molar-refractivity contribution < 1.29 is 23.7 Å². The minimum absolute atomic E-state index is 0. The van der Waals surface area contributed by atoms with E-state index >= 15 is 0 Å². The van der Waals surface area contributed by atoms with E-state index in [1.165, 1.54) is 29.1 Å². The summed E-state index contributed by atoms with van der Waals surface area (Å²) in [6.45, 7) is 14.1. The maximum absolute atomic E-state index is 12.7. The summed E-state index contributed by atoms with van der Waals surface area (Å²) in [5, 5.41) is 6.74. The first-order valence-electron chi connectivity index (χ1n) is 20.5. The average Bonchev–Trinajstić information content (AvgIpc) is 3.68. The van der Waals surface area contributed by atoms with Gasteiger partial charge < -0.3 is 34.3 Å². The van der Waals surface area contributed by atoms with Crippen LogP contribution in [0.2, 0.25) is 0 Å². The lowest BCUT2D eigenvalue weighted by Crippen LogP contribution is -2.17. The number of ether oxygens (including phenoxy) is 5. The smallest absolute Gasteiger partial charge is 0.203 e. The van der Waals surface area contributed by atoms with Crippen molar-refractivity contribution in [3.63, 3.8) is 0 Å². The Labute approximate surface area is 369 Å². The van der Waals surface area contributed by atoms with Gasteiger partial charge in [-0.15, -0.1) is 23.5 Å². The van der Waals surface area contributed by atoms with Crippen LogP contribution in [-0.4, -0.2) is 62.2 Å². The van der Waals surface area contributed by atoms with E-state index in [0.717, 1.165) is 91.5 Å². The van der Waals surface area contributed by atoms with Crippen LogP contribution in [0, 0.1) is 6.92 Å². The first kappa shape index (κ1) is 53.9. The molecule has 0 unspecified atom stereocenters. The van der Waals surface area contributed by atoms with Gasteiger partial charge in [-0.2, -0.15) is 0 Å². The number of nitrogens with one attached hydrogen (secondary N) is 2. The molecule has 4 aromatic carbocycles. The van der Waals surface area contributed by atoms with Crippen molar-refractivity contribution >= 4 is 23.5 Å². The van der Waals surface area contributed by atoms with Gasteiger partial charge in [0.05, 0.1) is 45.3 Å². The lowest BCUT2D eigenvalue weighted by Gasteiger charge is -2.19. The molecule has 11 heteroatoms. The van der Waals surface area contributed by atoms with E-state index in [2.05, 4.69) is 29.7 Å². The Kier molecular flexibility index (Phi) is 24.2. The molecule has 0 amide bonds. The number of methoxy groups -OCH3 is 5. The largest absolute Gasteiger partial charge is 0.493 e. The molecule has 0 radical (unpaired) electrons. The third-order valence-corrected chi connectivity index (χ3v) is 11.8. The second-order valence-corrected chi connectivity index (χ2v) is 14.5. The Bertz CT molecular complexity index is 2110. The molecule has 2 aliphatic rings. The minimum Gasteiger partial charge on any atom is -0.493 e. The van der Waals surface area contributed by atoms with Gasteiger partial charge in [-0.1, -0.05) is 61.1 Å². The molecule has 2 N–H and O–H groups in total. The number of hydrogen-bond donors (Lipinski definition) is 2. The van der Waals surface area contributed by atoms with Gasteiger partial charge in [0, 0.05) is 23.2 Å². The van der Waals surface area contributed by atoms with Crippen molar-refractivity contribution in [3.05, 3.63) is 96.8 Å². The van der Waals surface area contributed by atoms with Crippen molar-refractivity contribution in [2.45, 2.75) is 103 Å². The van der Waals surface area contributed by atoms with E-state index in [1.54, 1.807) is 47.7 Å². The average molecular weight is 865 g/mol. The van der Waals surface area contributed by atoms with E-state index in [9.17, 15) is 9.59 Å². The van der Waals surface area contributed by atoms with E-state index < -0.39 is 0 Å². The molecular formula is C49H72N2O7S2. The van der Waals surface area contributed by atoms with Gasteiger partial charge >= 0.3 is 0 Å². The highest BCUT2D eigenvalue weighted by atomic mass is 32.2. The van der Waals surface area contributed by atoms with Crippen LogP contribution in [0.5, 0.6) is 28.7 Å². The van der Waals surface area contributed by atoms with Gasteiger partial charge in [-0.3, -0.25) is 9.59 Å². The van der Waals surface area contributed by atoms with Crippen LogP contribution >= 0.6 is 23.5 Å². The number of aryl methyl sites for hydroxylation is 2. The molecule has 0 aromatic heterocycles. The van der Waals surface area contributed by atoms with Crippen LogP contribution in [0.15, 0.2) is 67.9 Å². The third kappa shape index (κ3) is 11.6. The molecule has 4 aromatic rings. The summed E-state index contributed by atoms with van der Waals surface area (Å²) < 4.78 is 28.1. The summed E-state index contributed by atoms with van der Waals surface area (Å²) >= 11 is 2.94. The van der Waals surface area contributed by atoms with E-state index in [-0.39, 0.29) is 30.4 Å². The monoisotopic (exact) mass is 864 g/mol. The summed E-state index contributed by atoms with van der Waals surface area (Å²) in [5.41, 5.74) is 9.71. The maximum Gasteiger partial charge on any atom is 0.203 e. The highest BCUT2D eigenvalue weighted by molar-refractivity contribution is 7.98. The molecule has 0 saturated carbocycles. The topological polar surface area (TPSA) is 104 Å². The van der Waals surface area contributed by atoms with Crippen LogP contribution in [0.1, 0.15) is 102 Å². The lowest BCUT2D eigenvalue weighted by atomic mass is 9.92. The molecule has 332 valence electrons. The van der Waals surface area contributed by atoms with Gasteiger partial charge in [-0.05, 0) is 135 Å². The van der Waals surface area contributed by atoms with Crippen molar-refractivity contribution in [3.8, 4) is 51.0 Å². The summed E-state index contributed by atoms with van der Waals surface area (Å²) in [7, 11) is 12.1. The number of thioether (sulfide) groups is 2. The van der Waals surface area contributed by atoms with Crippen LogP contribution in [-0.2, 0) is 12.8 Å². The predicted molar refractivity (Wildman–Crippen MR) is 258 cm³/mol. The summed E-state index contributed by atoms with van der Waals surface area (Å²) in [6, 6.07) is 15.8. The van der Waals surface area contributed by atoms with Crippen LogP contribution in [0.4, 0.5) is 0 Å². The fourth-order valence-corrected chi connectivity index (χ4v) is 8.57. The van der Waals surface area contributed by atoms with Crippen LogP contribution in [0.3, 0.4) is 0 Å². The van der Waals surface area contributed by atoms with Crippen molar-refractivity contribution in [1.29, 1.82) is 0 Å². The van der Waals surface area contributed by atoms with Crippen molar-refractivity contribution in [2.75, 3.05) is 62.2 Å². The Balaban J connectivity index is 0.000000526. The fourth-order valence-electron chi connectivity index (χ4n) is 7.65. The van der Waals surface area contributed by atoms with E-state index in [0.29, 0.717) is 17.2 Å². The van der Waals surface area contributed by atoms with Gasteiger partial charge in [0.25, 0.3) is 0 Å².